The smallest absolute Gasteiger partial charge is 0.218 e. The topological polar surface area (TPSA) is 35.0 Å². The normalized spacial score (nSPS) is 16.4. The van der Waals surface area contributed by atoms with Crippen molar-refractivity contribution >= 4 is 11.6 Å². The zero-order valence-corrected chi connectivity index (χ0v) is 11.0. The summed E-state index contributed by atoms with van der Waals surface area (Å²) < 4.78 is 5.72. The molecule has 0 spiro atoms. The molecular formula is C13H19ClN2O. The summed E-state index contributed by atoms with van der Waals surface area (Å²) >= 11 is 5.95. The van der Waals surface area contributed by atoms with Gasteiger partial charge in [0, 0.05) is 12.5 Å². The van der Waals surface area contributed by atoms with Gasteiger partial charge >= 0.3 is 0 Å². The van der Waals surface area contributed by atoms with Crippen LogP contribution >= 0.6 is 11.6 Å². The molecule has 0 radical (unpaired) electrons. The van der Waals surface area contributed by atoms with Crippen molar-refractivity contribution < 1.29 is 4.74 Å². The molecule has 1 aliphatic carbocycles. The standard InChI is InChI=1S/C13H19ClN2O/c1-2-5-12-15-11(14)8-13(16-12)17-9-10-6-3-4-7-10/h8,10H,2-7,9H2,1H3. The van der Waals surface area contributed by atoms with E-state index in [-0.39, 0.29) is 0 Å². The second kappa shape index (κ2) is 6.20. The Morgan fingerprint density at radius 3 is 2.82 bits per heavy atom. The van der Waals surface area contributed by atoms with Crippen LogP contribution in [0.1, 0.15) is 44.9 Å². The van der Waals surface area contributed by atoms with Gasteiger partial charge in [0.1, 0.15) is 11.0 Å². The SMILES string of the molecule is CCCc1nc(Cl)cc(OCC2CCCC2)n1. The lowest BCUT2D eigenvalue weighted by Crippen LogP contribution is -2.10. The summed E-state index contributed by atoms with van der Waals surface area (Å²) in [7, 11) is 0. The molecule has 0 unspecified atom stereocenters. The summed E-state index contributed by atoms with van der Waals surface area (Å²) in [6, 6.07) is 1.70. The maximum Gasteiger partial charge on any atom is 0.218 e. The van der Waals surface area contributed by atoms with Gasteiger partial charge in [-0.1, -0.05) is 31.4 Å². The summed E-state index contributed by atoms with van der Waals surface area (Å²) in [5, 5.41) is 0.477. The molecule has 0 atom stereocenters. The third-order valence-corrected chi connectivity index (χ3v) is 3.33. The van der Waals surface area contributed by atoms with Crippen LogP contribution in [0.3, 0.4) is 0 Å². The highest BCUT2D eigenvalue weighted by molar-refractivity contribution is 6.29. The fourth-order valence-electron chi connectivity index (χ4n) is 2.23. The van der Waals surface area contributed by atoms with E-state index in [1.54, 1.807) is 6.07 Å². The average Bonchev–Trinajstić information content (AvgIpc) is 2.79. The van der Waals surface area contributed by atoms with Gasteiger partial charge in [-0.15, -0.1) is 0 Å². The van der Waals surface area contributed by atoms with Crippen molar-refractivity contribution in [2.45, 2.75) is 45.4 Å². The second-order valence-electron chi connectivity index (χ2n) is 4.66. The van der Waals surface area contributed by atoms with Crippen molar-refractivity contribution in [1.82, 2.24) is 9.97 Å². The van der Waals surface area contributed by atoms with Crippen molar-refractivity contribution in [2.75, 3.05) is 6.61 Å². The highest BCUT2D eigenvalue weighted by atomic mass is 35.5. The van der Waals surface area contributed by atoms with Gasteiger partial charge in [0.2, 0.25) is 5.88 Å². The molecule has 0 bridgehead atoms. The van der Waals surface area contributed by atoms with Gasteiger partial charge in [0.15, 0.2) is 0 Å². The number of rotatable bonds is 5. The molecule has 2 rings (SSSR count). The van der Waals surface area contributed by atoms with Crippen LogP contribution in [0.15, 0.2) is 6.07 Å². The Bertz CT molecular complexity index is 364. The van der Waals surface area contributed by atoms with E-state index >= 15 is 0 Å². The molecule has 0 saturated heterocycles. The summed E-state index contributed by atoms with van der Waals surface area (Å²) in [4.78, 5) is 8.54. The lowest BCUT2D eigenvalue weighted by Gasteiger charge is -2.11. The minimum absolute atomic E-state index is 0.477. The van der Waals surface area contributed by atoms with Crippen LogP contribution in [0, 0.1) is 5.92 Å². The van der Waals surface area contributed by atoms with Crippen LogP contribution in [-0.4, -0.2) is 16.6 Å². The number of halogens is 1. The molecule has 3 nitrogen and oxygen atoms in total. The third-order valence-electron chi connectivity index (χ3n) is 3.13. The van der Waals surface area contributed by atoms with Crippen molar-refractivity contribution in [2.24, 2.45) is 5.92 Å². The van der Waals surface area contributed by atoms with E-state index in [9.17, 15) is 0 Å². The van der Waals surface area contributed by atoms with Gasteiger partial charge in [-0.25, -0.2) is 4.98 Å². The lowest BCUT2D eigenvalue weighted by molar-refractivity contribution is 0.242. The minimum atomic E-state index is 0.477. The molecule has 1 fully saturated rings. The summed E-state index contributed by atoms with van der Waals surface area (Å²) in [6.45, 7) is 2.86. The highest BCUT2D eigenvalue weighted by Gasteiger charge is 2.16. The Morgan fingerprint density at radius 2 is 2.12 bits per heavy atom. The maximum absolute atomic E-state index is 5.95. The van der Waals surface area contributed by atoms with E-state index in [0.29, 0.717) is 17.0 Å². The number of aromatic nitrogens is 2. The van der Waals surface area contributed by atoms with E-state index in [2.05, 4.69) is 16.9 Å². The van der Waals surface area contributed by atoms with Crippen LogP contribution in [-0.2, 0) is 6.42 Å². The van der Waals surface area contributed by atoms with Gasteiger partial charge in [-0.3, -0.25) is 0 Å². The summed E-state index contributed by atoms with van der Waals surface area (Å²) in [5.41, 5.74) is 0. The maximum atomic E-state index is 5.95. The molecule has 0 aromatic carbocycles. The largest absolute Gasteiger partial charge is 0.477 e. The van der Waals surface area contributed by atoms with Gasteiger partial charge < -0.3 is 4.74 Å². The fraction of sp³-hybridized carbons (Fsp3) is 0.692. The van der Waals surface area contributed by atoms with Crippen LogP contribution in [0.25, 0.3) is 0 Å². The molecular weight excluding hydrogens is 236 g/mol. The van der Waals surface area contributed by atoms with Crippen LogP contribution < -0.4 is 4.74 Å². The lowest BCUT2D eigenvalue weighted by atomic mass is 10.1. The fourth-order valence-corrected chi connectivity index (χ4v) is 2.42. The Morgan fingerprint density at radius 1 is 1.35 bits per heavy atom. The molecule has 1 aromatic rings. The van der Waals surface area contributed by atoms with Gasteiger partial charge in [0.25, 0.3) is 0 Å². The molecule has 0 aliphatic heterocycles. The first kappa shape index (κ1) is 12.6. The Hall–Kier alpha value is -0.830. The molecule has 4 heteroatoms. The molecule has 1 heterocycles. The number of hydrogen-bond donors (Lipinski definition) is 0. The van der Waals surface area contributed by atoms with E-state index in [4.69, 9.17) is 16.3 Å². The first-order chi connectivity index (χ1) is 8.28. The van der Waals surface area contributed by atoms with E-state index in [1.165, 1.54) is 25.7 Å². The molecule has 94 valence electrons. The van der Waals surface area contributed by atoms with E-state index in [1.807, 2.05) is 0 Å². The third kappa shape index (κ3) is 3.84. The monoisotopic (exact) mass is 254 g/mol. The van der Waals surface area contributed by atoms with Gasteiger partial charge in [-0.05, 0) is 25.2 Å². The molecule has 1 saturated carbocycles. The number of nitrogens with zero attached hydrogens (tertiary/aromatic N) is 2. The van der Waals surface area contributed by atoms with E-state index < -0.39 is 0 Å². The zero-order valence-electron chi connectivity index (χ0n) is 10.3. The predicted octanol–water partition coefficient (Wildman–Crippen LogP) is 3.65. The van der Waals surface area contributed by atoms with Crippen molar-refractivity contribution in [3.05, 3.63) is 17.0 Å². The predicted molar refractivity (Wildman–Crippen MR) is 68.5 cm³/mol. The van der Waals surface area contributed by atoms with Crippen molar-refractivity contribution in [3.8, 4) is 5.88 Å². The molecule has 0 amide bonds. The zero-order chi connectivity index (χ0) is 12.1. The summed E-state index contributed by atoms with van der Waals surface area (Å²) in [5.74, 6) is 2.10. The summed E-state index contributed by atoms with van der Waals surface area (Å²) in [6.07, 6.45) is 7.09. The number of ether oxygens (including phenoxy) is 1. The Labute approximate surface area is 108 Å². The molecule has 17 heavy (non-hydrogen) atoms. The quantitative estimate of drug-likeness (QED) is 0.753. The van der Waals surface area contributed by atoms with Gasteiger partial charge in [0.05, 0.1) is 6.61 Å². The highest BCUT2D eigenvalue weighted by Crippen LogP contribution is 2.25. The van der Waals surface area contributed by atoms with Crippen LogP contribution in [0.2, 0.25) is 5.15 Å². The van der Waals surface area contributed by atoms with Crippen LogP contribution in [0.5, 0.6) is 5.88 Å². The van der Waals surface area contributed by atoms with Crippen molar-refractivity contribution in [3.63, 3.8) is 0 Å². The van der Waals surface area contributed by atoms with Crippen molar-refractivity contribution in [1.29, 1.82) is 0 Å². The Kier molecular flexibility index (Phi) is 4.60. The van der Waals surface area contributed by atoms with Crippen LogP contribution in [0.4, 0.5) is 0 Å². The molecule has 1 aromatic heterocycles. The second-order valence-corrected chi connectivity index (χ2v) is 5.04. The average molecular weight is 255 g/mol. The first-order valence-corrected chi connectivity index (χ1v) is 6.82. The Balaban J connectivity index is 1.94. The first-order valence-electron chi connectivity index (χ1n) is 6.44. The minimum Gasteiger partial charge on any atom is -0.477 e. The number of hydrogen-bond acceptors (Lipinski definition) is 3. The molecule has 0 N–H and O–H groups in total. The molecule has 1 aliphatic rings. The van der Waals surface area contributed by atoms with Gasteiger partial charge in [-0.2, -0.15) is 4.98 Å². The number of aryl methyl sites for hydroxylation is 1. The van der Waals surface area contributed by atoms with E-state index in [0.717, 1.165) is 25.3 Å².